The molecule has 1 aliphatic carbocycles. The van der Waals surface area contributed by atoms with Crippen LogP contribution in [0.3, 0.4) is 0 Å². The van der Waals surface area contributed by atoms with Gasteiger partial charge >= 0.3 is 0 Å². The smallest absolute Gasteiger partial charge is 0.0616 e. The van der Waals surface area contributed by atoms with Crippen molar-refractivity contribution >= 4 is 6.08 Å². The van der Waals surface area contributed by atoms with E-state index in [1.165, 1.54) is 16.7 Å². The monoisotopic (exact) mass is 260 g/mol. The van der Waals surface area contributed by atoms with E-state index in [2.05, 4.69) is 51.1 Å². The molecule has 0 amide bonds. The first-order chi connectivity index (χ1) is 8.94. The van der Waals surface area contributed by atoms with E-state index in [1.807, 2.05) is 0 Å². The van der Waals surface area contributed by atoms with Gasteiger partial charge in [0.25, 0.3) is 0 Å². The van der Waals surface area contributed by atoms with Crippen molar-refractivity contribution in [3.05, 3.63) is 41.0 Å². The Kier molecular flexibility index (Phi) is 3.84. The van der Waals surface area contributed by atoms with Gasteiger partial charge in [-0.25, -0.2) is 0 Å². The van der Waals surface area contributed by atoms with E-state index in [1.54, 1.807) is 14.2 Å². The predicted octanol–water partition coefficient (Wildman–Crippen LogP) is 3.54. The molecule has 0 aliphatic heterocycles. The average Bonchev–Trinajstić information content (AvgIpc) is 2.69. The summed E-state index contributed by atoms with van der Waals surface area (Å²) in [4.78, 5) is 0. The van der Waals surface area contributed by atoms with Crippen LogP contribution in [0.5, 0.6) is 0 Å². The number of hydrogen-bond acceptors (Lipinski definition) is 2. The van der Waals surface area contributed by atoms with Crippen molar-refractivity contribution in [3.63, 3.8) is 0 Å². The minimum absolute atomic E-state index is 0.115. The van der Waals surface area contributed by atoms with Crippen molar-refractivity contribution in [1.29, 1.82) is 0 Å². The molecule has 0 fully saturated rings. The van der Waals surface area contributed by atoms with Crippen molar-refractivity contribution in [1.82, 2.24) is 0 Å². The van der Waals surface area contributed by atoms with E-state index in [0.717, 1.165) is 0 Å². The second-order valence-corrected chi connectivity index (χ2v) is 6.38. The van der Waals surface area contributed by atoms with Crippen LogP contribution in [0.25, 0.3) is 6.08 Å². The maximum atomic E-state index is 5.47. The Bertz CT molecular complexity index is 475. The third-order valence-corrected chi connectivity index (χ3v) is 3.79. The molecule has 0 saturated carbocycles. The van der Waals surface area contributed by atoms with E-state index in [4.69, 9.17) is 9.47 Å². The summed E-state index contributed by atoms with van der Waals surface area (Å²) < 4.78 is 10.9. The molecule has 1 aliphatic rings. The molecule has 0 saturated heterocycles. The number of methoxy groups -OCH3 is 2. The van der Waals surface area contributed by atoms with Crippen LogP contribution < -0.4 is 0 Å². The van der Waals surface area contributed by atoms with Crippen LogP contribution in [0.1, 0.15) is 37.5 Å². The van der Waals surface area contributed by atoms with Gasteiger partial charge in [-0.15, -0.1) is 0 Å². The van der Waals surface area contributed by atoms with Gasteiger partial charge in [0.1, 0.15) is 0 Å². The van der Waals surface area contributed by atoms with Crippen molar-refractivity contribution in [2.24, 2.45) is 0 Å². The van der Waals surface area contributed by atoms with E-state index >= 15 is 0 Å². The molecule has 2 heteroatoms. The van der Waals surface area contributed by atoms with Crippen molar-refractivity contribution in [2.75, 3.05) is 27.4 Å². The fraction of sp³-hybridized carbons (Fsp3) is 0.529. The summed E-state index contributed by atoms with van der Waals surface area (Å²) in [7, 11) is 3.51. The Labute approximate surface area is 116 Å². The lowest BCUT2D eigenvalue weighted by Crippen LogP contribution is -2.35. The zero-order valence-corrected chi connectivity index (χ0v) is 12.6. The van der Waals surface area contributed by atoms with Crippen LogP contribution >= 0.6 is 0 Å². The second kappa shape index (κ2) is 5.10. The van der Waals surface area contributed by atoms with Crippen LogP contribution in [0.4, 0.5) is 0 Å². The maximum absolute atomic E-state index is 5.47. The molecular weight excluding hydrogens is 236 g/mol. The van der Waals surface area contributed by atoms with Crippen LogP contribution in [-0.2, 0) is 20.3 Å². The predicted molar refractivity (Wildman–Crippen MR) is 79.6 cm³/mol. The van der Waals surface area contributed by atoms with E-state index < -0.39 is 0 Å². The summed E-state index contributed by atoms with van der Waals surface area (Å²) in [6, 6.07) is 6.54. The minimum Gasteiger partial charge on any atom is -0.383 e. The summed E-state index contributed by atoms with van der Waals surface area (Å²) in [5.41, 5.74) is 4.00. The maximum Gasteiger partial charge on any atom is 0.0616 e. The first kappa shape index (κ1) is 14.3. The molecule has 0 heterocycles. The molecule has 19 heavy (non-hydrogen) atoms. The Morgan fingerprint density at radius 1 is 1.05 bits per heavy atom. The SMILES string of the molecule is COCC1(COC)C=Cc2cccc(C(C)(C)C)c21. The summed E-state index contributed by atoms with van der Waals surface area (Å²) >= 11 is 0. The molecule has 1 aromatic carbocycles. The molecule has 0 N–H and O–H groups in total. The van der Waals surface area contributed by atoms with E-state index in [9.17, 15) is 0 Å². The molecule has 0 aromatic heterocycles. The normalized spacial score (nSPS) is 16.7. The molecule has 2 rings (SSSR count). The quantitative estimate of drug-likeness (QED) is 0.824. The number of fused-ring (bicyclic) bond motifs is 1. The van der Waals surface area contributed by atoms with Gasteiger partial charge < -0.3 is 9.47 Å². The van der Waals surface area contributed by atoms with E-state index in [-0.39, 0.29) is 10.8 Å². The zero-order chi connectivity index (χ0) is 14.1. The topological polar surface area (TPSA) is 18.5 Å². The summed E-state index contributed by atoms with van der Waals surface area (Å²) in [5.74, 6) is 0. The van der Waals surface area contributed by atoms with Gasteiger partial charge in [0.05, 0.1) is 18.6 Å². The van der Waals surface area contributed by atoms with Crippen molar-refractivity contribution < 1.29 is 9.47 Å². The van der Waals surface area contributed by atoms with Crippen LogP contribution in [0.15, 0.2) is 24.3 Å². The van der Waals surface area contributed by atoms with Gasteiger partial charge in [-0.05, 0) is 22.1 Å². The fourth-order valence-corrected chi connectivity index (χ4v) is 3.02. The number of hydrogen-bond donors (Lipinski definition) is 0. The van der Waals surface area contributed by atoms with Gasteiger partial charge in [-0.2, -0.15) is 0 Å². The molecule has 104 valence electrons. The first-order valence-electron chi connectivity index (χ1n) is 6.76. The highest BCUT2D eigenvalue weighted by Gasteiger charge is 2.39. The lowest BCUT2D eigenvalue weighted by Gasteiger charge is -2.33. The highest BCUT2D eigenvalue weighted by Crippen LogP contribution is 2.42. The van der Waals surface area contributed by atoms with Gasteiger partial charge in [-0.3, -0.25) is 0 Å². The van der Waals surface area contributed by atoms with Gasteiger partial charge in [0.2, 0.25) is 0 Å². The number of benzene rings is 1. The zero-order valence-electron chi connectivity index (χ0n) is 12.6. The van der Waals surface area contributed by atoms with Crippen molar-refractivity contribution in [3.8, 4) is 0 Å². The lowest BCUT2D eigenvalue weighted by atomic mass is 9.74. The van der Waals surface area contributed by atoms with Gasteiger partial charge in [0, 0.05) is 14.2 Å². The second-order valence-electron chi connectivity index (χ2n) is 6.38. The Morgan fingerprint density at radius 3 is 2.21 bits per heavy atom. The van der Waals surface area contributed by atoms with Crippen molar-refractivity contribution in [2.45, 2.75) is 31.6 Å². The van der Waals surface area contributed by atoms with Crippen LogP contribution in [-0.4, -0.2) is 27.4 Å². The highest BCUT2D eigenvalue weighted by atomic mass is 16.5. The van der Waals surface area contributed by atoms with E-state index in [0.29, 0.717) is 13.2 Å². The molecule has 2 nitrogen and oxygen atoms in total. The van der Waals surface area contributed by atoms with Gasteiger partial charge in [-0.1, -0.05) is 51.1 Å². The molecule has 0 unspecified atom stereocenters. The summed E-state index contributed by atoms with van der Waals surface area (Å²) in [6.07, 6.45) is 4.43. The number of ether oxygens (including phenoxy) is 2. The minimum atomic E-state index is -0.150. The molecule has 1 aromatic rings. The Balaban J connectivity index is 2.60. The van der Waals surface area contributed by atoms with Crippen LogP contribution in [0.2, 0.25) is 0 Å². The van der Waals surface area contributed by atoms with Crippen LogP contribution in [0, 0.1) is 0 Å². The lowest BCUT2D eigenvalue weighted by molar-refractivity contribution is 0.0837. The molecule has 0 spiro atoms. The Hall–Kier alpha value is -1.12. The molecule has 0 bridgehead atoms. The number of rotatable bonds is 4. The molecule has 0 atom stereocenters. The fourth-order valence-electron chi connectivity index (χ4n) is 3.02. The third kappa shape index (κ3) is 2.47. The largest absolute Gasteiger partial charge is 0.383 e. The summed E-state index contributed by atoms with van der Waals surface area (Å²) in [5, 5.41) is 0. The summed E-state index contributed by atoms with van der Waals surface area (Å²) in [6.45, 7) is 8.07. The Morgan fingerprint density at radius 2 is 1.68 bits per heavy atom. The molecular formula is C17H24O2. The van der Waals surface area contributed by atoms with Gasteiger partial charge in [0.15, 0.2) is 0 Å². The third-order valence-electron chi connectivity index (χ3n) is 3.79. The molecule has 0 radical (unpaired) electrons. The standard InChI is InChI=1S/C17H24O2/c1-16(2,3)14-8-6-7-13-9-10-17(11-18-4,12-19-5)15(13)14/h6-10H,11-12H2,1-5H3. The first-order valence-corrected chi connectivity index (χ1v) is 6.76. The average molecular weight is 260 g/mol. The highest BCUT2D eigenvalue weighted by molar-refractivity contribution is 5.68.